The number of ketones is 1. The molecule has 0 bridgehead atoms. The standard InChI is InChI=1S/C11H10O5/c1-6-3-8-9(16-5-15-8)4-7(6)10(12)11(13)14-2/h3-4H,5H2,1-2H3. The SMILES string of the molecule is COC(=O)C(=O)c1cc2c(cc1C)OCO2. The van der Waals surface area contributed by atoms with Gasteiger partial charge in [0.05, 0.1) is 7.11 Å². The first-order valence-electron chi connectivity index (χ1n) is 4.66. The number of ether oxygens (including phenoxy) is 3. The molecule has 1 aliphatic heterocycles. The minimum absolute atomic E-state index is 0.130. The Morgan fingerprint density at radius 2 is 1.88 bits per heavy atom. The molecule has 0 N–H and O–H groups in total. The van der Waals surface area contributed by atoms with Crippen LogP contribution in [0.3, 0.4) is 0 Å². The average molecular weight is 222 g/mol. The Labute approximate surface area is 91.9 Å². The molecule has 1 aromatic rings. The van der Waals surface area contributed by atoms with Crippen molar-refractivity contribution in [2.45, 2.75) is 6.92 Å². The highest BCUT2D eigenvalue weighted by Gasteiger charge is 2.23. The summed E-state index contributed by atoms with van der Waals surface area (Å²) in [4.78, 5) is 22.7. The molecule has 0 unspecified atom stereocenters. The number of benzene rings is 1. The number of aryl methyl sites for hydroxylation is 1. The molecule has 0 spiro atoms. The molecule has 0 saturated heterocycles. The van der Waals surface area contributed by atoms with E-state index in [0.29, 0.717) is 17.1 Å². The van der Waals surface area contributed by atoms with Crippen molar-refractivity contribution < 1.29 is 23.8 Å². The van der Waals surface area contributed by atoms with E-state index in [1.807, 2.05) is 0 Å². The van der Waals surface area contributed by atoms with Gasteiger partial charge in [-0.15, -0.1) is 0 Å². The van der Waals surface area contributed by atoms with Gasteiger partial charge in [-0.2, -0.15) is 0 Å². The van der Waals surface area contributed by atoms with E-state index in [1.54, 1.807) is 13.0 Å². The van der Waals surface area contributed by atoms with Crippen LogP contribution in [0.5, 0.6) is 11.5 Å². The quantitative estimate of drug-likeness (QED) is 0.425. The van der Waals surface area contributed by atoms with Gasteiger partial charge >= 0.3 is 5.97 Å². The van der Waals surface area contributed by atoms with Crippen molar-refractivity contribution in [2.75, 3.05) is 13.9 Å². The second kappa shape index (κ2) is 3.84. The summed E-state index contributed by atoms with van der Waals surface area (Å²) in [7, 11) is 1.17. The number of Topliss-reactive ketones (excluding diaryl/α,β-unsaturated/α-hetero) is 1. The molecule has 16 heavy (non-hydrogen) atoms. The summed E-state index contributed by atoms with van der Waals surface area (Å²) < 4.78 is 14.7. The number of carbonyl (C=O) groups excluding carboxylic acids is 2. The molecule has 0 atom stereocenters. The summed E-state index contributed by atoms with van der Waals surface area (Å²) in [5, 5.41) is 0. The first-order valence-corrected chi connectivity index (χ1v) is 4.66. The maximum absolute atomic E-state index is 11.6. The van der Waals surface area contributed by atoms with Gasteiger partial charge in [0, 0.05) is 5.56 Å². The number of hydrogen-bond acceptors (Lipinski definition) is 5. The van der Waals surface area contributed by atoms with Crippen LogP contribution in [0.2, 0.25) is 0 Å². The number of methoxy groups -OCH3 is 1. The Morgan fingerprint density at radius 3 is 2.50 bits per heavy atom. The maximum atomic E-state index is 11.6. The van der Waals surface area contributed by atoms with Gasteiger partial charge in [0.15, 0.2) is 11.5 Å². The van der Waals surface area contributed by atoms with Crippen molar-refractivity contribution in [2.24, 2.45) is 0 Å². The van der Waals surface area contributed by atoms with Crippen molar-refractivity contribution >= 4 is 11.8 Å². The van der Waals surface area contributed by atoms with Gasteiger partial charge < -0.3 is 14.2 Å². The van der Waals surface area contributed by atoms with Gasteiger partial charge in [-0.05, 0) is 24.6 Å². The normalized spacial score (nSPS) is 12.4. The van der Waals surface area contributed by atoms with Crippen LogP contribution in [0, 0.1) is 6.92 Å². The topological polar surface area (TPSA) is 61.8 Å². The zero-order valence-corrected chi connectivity index (χ0v) is 8.90. The van der Waals surface area contributed by atoms with Crippen LogP contribution in [0.1, 0.15) is 15.9 Å². The first kappa shape index (κ1) is 10.5. The van der Waals surface area contributed by atoms with Crippen molar-refractivity contribution in [3.63, 3.8) is 0 Å². The van der Waals surface area contributed by atoms with Gasteiger partial charge in [-0.25, -0.2) is 4.79 Å². The molecule has 84 valence electrons. The van der Waals surface area contributed by atoms with Crippen LogP contribution < -0.4 is 9.47 Å². The lowest BCUT2D eigenvalue weighted by molar-refractivity contribution is -0.135. The van der Waals surface area contributed by atoms with Crippen molar-refractivity contribution in [3.05, 3.63) is 23.3 Å². The summed E-state index contributed by atoms with van der Waals surface area (Å²) in [6.45, 7) is 1.85. The van der Waals surface area contributed by atoms with E-state index in [-0.39, 0.29) is 12.4 Å². The van der Waals surface area contributed by atoms with E-state index in [0.717, 1.165) is 0 Å². The zero-order chi connectivity index (χ0) is 11.7. The molecule has 0 radical (unpaired) electrons. The minimum Gasteiger partial charge on any atom is -0.463 e. The third-order valence-electron chi connectivity index (χ3n) is 2.33. The second-order valence-corrected chi connectivity index (χ2v) is 3.34. The molecule has 5 heteroatoms. The zero-order valence-electron chi connectivity index (χ0n) is 8.90. The number of rotatable bonds is 2. The molecule has 0 aromatic heterocycles. The van der Waals surface area contributed by atoms with Crippen molar-refractivity contribution in [1.82, 2.24) is 0 Å². The van der Waals surface area contributed by atoms with Gasteiger partial charge in [-0.1, -0.05) is 0 Å². The fourth-order valence-electron chi connectivity index (χ4n) is 1.49. The molecule has 2 rings (SSSR count). The van der Waals surface area contributed by atoms with Crippen LogP contribution in [0.15, 0.2) is 12.1 Å². The molecule has 0 amide bonds. The summed E-state index contributed by atoms with van der Waals surface area (Å²) in [6, 6.07) is 3.16. The Balaban J connectivity index is 2.42. The van der Waals surface area contributed by atoms with Crippen LogP contribution in [-0.4, -0.2) is 25.7 Å². The van der Waals surface area contributed by atoms with Crippen LogP contribution in [0.4, 0.5) is 0 Å². The van der Waals surface area contributed by atoms with E-state index in [9.17, 15) is 9.59 Å². The third-order valence-corrected chi connectivity index (χ3v) is 2.33. The molecule has 0 aliphatic carbocycles. The van der Waals surface area contributed by atoms with E-state index >= 15 is 0 Å². The van der Waals surface area contributed by atoms with Gasteiger partial charge in [0.25, 0.3) is 5.78 Å². The largest absolute Gasteiger partial charge is 0.463 e. The Hall–Kier alpha value is -2.04. The lowest BCUT2D eigenvalue weighted by Gasteiger charge is -2.05. The minimum atomic E-state index is -0.887. The molecule has 1 aromatic carbocycles. The molecule has 1 aliphatic rings. The summed E-state index contributed by atoms with van der Waals surface area (Å²) in [6.07, 6.45) is 0. The number of esters is 1. The summed E-state index contributed by atoms with van der Waals surface area (Å²) in [5.41, 5.74) is 0.927. The number of fused-ring (bicyclic) bond motifs is 1. The lowest BCUT2D eigenvalue weighted by Crippen LogP contribution is -2.16. The molecule has 0 fully saturated rings. The van der Waals surface area contributed by atoms with Gasteiger partial charge in [0.2, 0.25) is 6.79 Å². The smallest absolute Gasteiger partial charge is 0.379 e. The predicted octanol–water partition coefficient (Wildman–Crippen LogP) is 1.08. The van der Waals surface area contributed by atoms with Crippen molar-refractivity contribution in [1.29, 1.82) is 0 Å². The molecule has 1 heterocycles. The Bertz CT molecular complexity index is 464. The van der Waals surface area contributed by atoms with Crippen LogP contribution in [0.25, 0.3) is 0 Å². The highest BCUT2D eigenvalue weighted by atomic mass is 16.7. The highest BCUT2D eigenvalue weighted by Crippen LogP contribution is 2.34. The average Bonchev–Trinajstić information content (AvgIpc) is 2.72. The van der Waals surface area contributed by atoms with Crippen LogP contribution in [-0.2, 0) is 9.53 Å². The molecular formula is C11H10O5. The van der Waals surface area contributed by atoms with E-state index in [1.165, 1.54) is 13.2 Å². The van der Waals surface area contributed by atoms with Gasteiger partial charge in [0.1, 0.15) is 0 Å². The fraction of sp³-hybridized carbons (Fsp3) is 0.273. The fourth-order valence-corrected chi connectivity index (χ4v) is 1.49. The second-order valence-electron chi connectivity index (χ2n) is 3.34. The molecule has 0 saturated carbocycles. The number of carbonyl (C=O) groups is 2. The summed E-state index contributed by atoms with van der Waals surface area (Å²) in [5.74, 6) is -0.517. The predicted molar refractivity (Wildman–Crippen MR) is 53.6 cm³/mol. The Morgan fingerprint density at radius 1 is 1.25 bits per heavy atom. The van der Waals surface area contributed by atoms with Crippen LogP contribution >= 0.6 is 0 Å². The van der Waals surface area contributed by atoms with Crippen molar-refractivity contribution in [3.8, 4) is 11.5 Å². The van der Waals surface area contributed by atoms with E-state index in [4.69, 9.17) is 9.47 Å². The lowest BCUT2D eigenvalue weighted by atomic mass is 10.0. The third kappa shape index (κ3) is 1.60. The van der Waals surface area contributed by atoms with Gasteiger partial charge in [-0.3, -0.25) is 4.79 Å². The van der Waals surface area contributed by atoms with E-state index < -0.39 is 11.8 Å². The van der Waals surface area contributed by atoms with E-state index in [2.05, 4.69) is 4.74 Å². The number of hydrogen-bond donors (Lipinski definition) is 0. The Kier molecular flexibility index (Phi) is 2.52. The maximum Gasteiger partial charge on any atom is 0.379 e. The first-order chi connectivity index (χ1) is 7.63. The monoisotopic (exact) mass is 222 g/mol. The molecule has 5 nitrogen and oxygen atoms in total. The molecular weight excluding hydrogens is 212 g/mol. The highest BCUT2D eigenvalue weighted by molar-refractivity contribution is 6.41. The summed E-state index contributed by atoms with van der Waals surface area (Å²) >= 11 is 0.